The minimum atomic E-state index is -0.176. The summed E-state index contributed by atoms with van der Waals surface area (Å²) in [4.78, 5) is 18.2. The highest BCUT2D eigenvalue weighted by atomic mass is 35.5. The van der Waals surface area contributed by atoms with Crippen LogP contribution in [0.1, 0.15) is 27.0 Å². The van der Waals surface area contributed by atoms with Crippen molar-refractivity contribution in [2.45, 2.75) is 20.8 Å². The number of pyridine rings is 1. The van der Waals surface area contributed by atoms with Gasteiger partial charge in [0.25, 0.3) is 5.91 Å². The lowest BCUT2D eigenvalue weighted by Crippen LogP contribution is -2.14. The van der Waals surface area contributed by atoms with E-state index in [0.29, 0.717) is 16.3 Å². The zero-order chi connectivity index (χ0) is 20.5. The van der Waals surface area contributed by atoms with Crippen molar-refractivity contribution in [3.8, 4) is 11.3 Å². The lowest BCUT2D eigenvalue weighted by molar-refractivity contribution is 0.102. The van der Waals surface area contributed by atoms with E-state index < -0.39 is 0 Å². The van der Waals surface area contributed by atoms with Gasteiger partial charge in [-0.3, -0.25) is 4.79 Å². The molecular formula is C25H21ClN2O. The molecule has 1 aromatic heterocycles. The van der Waals surface area contributed by atoms with Gasteiger partial charge in [-0.1, -0.05) is 59.6 Å². The number of aromatic nitrogens is 1. The molecule has 1 N–H and O–H groups in total. The summed E-state index contributed by atoms with van der Waals surface area (Å²) in [5.41, 5.74) is 6.88. The Bertz CT molecular complexity index is 1230. The number of amides is 1. The summed E-state index contributed by atoms with van der Waals surface area (Å²) in [5.74, 6) is -0.176. The largest absolute Gasteiger partial charge is 0.322 e. The Kier molecular flexibility index (Phi) is 5.08. The average molecular weight is 401 g/mol. The van der Waals surface area contributed by atoms with Crippen LogP contribution in [0.25, 0.3) is 22.2 Å². The van der Waals surface area contributed by atoms with Gasteiger partial charge in [0.2, 0.25) is 0 Å². The van der Waals surface area contributed by atoms with E-state index in [1.165, 1.54) is 0 Å². The van der Waals surface area contributed by atoms with Crippen LogP contribution >= 0.6 is 11.6 Å². The molecule has 0 saturated heterocycles. The van der Waals surface area contributed by atoms with Crippen LogP contribution < -0.4 is 5.32 Å². The van der Waals surface area contributed by atoms with Gasteiger partial charge in [0.15, 0.2) is 0 Å². The Morgan fingerprint density at radius 1 is 0.931 bits per heavy atom. The molecule has 0 bridgehead atoms. The van der Waals surface area contributed by atoms with E-state index in [1.54, 1.807) is 0 Å². The number of halogens is 1. The van der Waals surface area contributed by atoms with Gasteiger partial charge in [-0.05, 0) is 56.2 Å². The van der Waals surface area contributed by atoms with Crippen molar-refractivity contribution in [3.63, 3.8) is 0 Å². The van der Waals surface area contributed by atoms with Gasteiger partial charge in [-0.25, -0.2) is 4.98 Å². The summed E-state index contributed by atoms with van der Waals surface area (Å²) in [6, 6.07) is 21.4. The number of aryl methyl sites for hydroxylation is 2. The van der Waals surface area contributed by atoms with Crippen LogP contribution in [-0.4, -0.2) is 10.9 Å². The maximum absolute atomic E-state index is 13.3. The Labute approximate surface area is 175 Å². The number of nitrogens with one attached hydrogen (secondary N) is 1. The molecule has 0 saturated carbocycles. The number of hydrogen-bond acceptors (Lipinski definition) is 2. The summed E-state index contributed by atoms with van der Waals surface area (Å²) in [5, 5.41) is 4.50. The smallest absolute Gasteiger partial charge is 0.256 e. The number of nitrogens with zero attached hydrogens (tertiary/aromatic N) is 1. The van der Waals surface area contributed by atoms with Gasteiger partial charge in [0.1, 0.15) is 0 Å². The van der Waals surface area contributed by atoms with Crippen molar-refractivity contribution in [3.05, 3.63) is 94.0 Å². The van der Waals surface area contributed by atoms with E-state index in [4.69, 9.17) is 16.6 Å². The number of rotatable bonds is 3. The summed E-state index contributed by atoms with van der Waals surface area (Å²) in [6.07, 6.45) is 0. The van der Waals surface area contributed by atoms with Crippen molar-refractivity contribution in [1.29, 1.82) is 0 Å². The first kappa shape index (κ1) is 19.2. The molecule has 4 rings (SSSR count). The number of fused-ring (bicyclic) bond motifs is 1. The van der Waals surface area contributed by atoms with Crippen LogP contribution in [-0.2, 0) is 0 Å². The molecule has 3 aromatic carbocycles. The quantitative estimate of drug-likeness (QED) is 0.414. The van der Waals surface area contributed by atoms with Crippen molar-refractivity contribution in [2.75, 3.05) is 5.32 Å². The maximum atomic E-state index is 13.3. The summed E-state index contributed by atoms with van der Waals surface area (Å²) in [6.45, 7) is 5.95. The molecule has 0 aliphatic heterocycles. The summed E-state index contributed by atoms with van der Waals surface area (Å²) in [7, 11) is 0. The molecular weight excluding hydrogens is 380 g/mol. The molecule has 0 atom stereocenters. The lowest BCUT2D eigenvalue weighted by Gasteiger charge is -2.14. The normalized spacial score (nSPS) is 10.9. The van der Waals surface area contributed by atoms with Crippen molar-refractivity contribution >= 4 is 34.1 Å². The molecule has 1 amide bonds. The number of benzene rings is 3. The molecule has 1 heterocycles. The molecule has 0 aliphatic carbocycles. The van der Waals surface area contributed by atoms with Crippen LogP contribution in [0.3, 0.4) is 0 Å². The van der Waals surface area contributed by atoms with Crippen LogP contribution in [0, 0.1) is 20.8 Å². The lowest BCUT2D eigenvalue weighted by atomic mass is 9.99. The third-order valence-corrected chi connectivity index (χ3v) is 5.49. The fourth-order valence-corrected chi connectivity index (χ4v) is 3.73. The Balaban J connectivity index is 1.89. The van der Waals surface area contributed by atoms with Gasteiger partial charge < -0.3 is 5.32 Å². The van der Waals surface area contributed by atoms with E-state index >= 15 is 0 Å². The average Bonchev–Trinajstić information content (AvgIpc) is 2.71. The first-order chi connectivity index (χ1) is 13.9. The summed E-state index contributed by atoms with van der Waals surface area (Å²) < 4.78 is 0. The Morgan fingerprint density at radius 2 is 1.69 bits per heavy atom. The molecule has 0 spiro atoms. The molecule has 4 aromatic rings. The van der Waals surface area contributed by atoms with Crippen molar-refractivity contribution < 1.29 is 4.79 Å². The minimum absolute atomic E-state index is 0.176. The van der Waals surface area contributed by atoms with Crippen LogP contribution in [0.2, 0.25) is 5.02 Å². The van der Waals surface area contributed by atoms with Gasteiger partial charge >= 0.3 is 0 Å². The highest BCUT2D eigenvalue weighted by Gasteiger charge is 2.17. The Hall–Kier alpha value is -3.17. The number of carbonyl (C=O) groups is 1. The molecule has 144 valence electrons. The molecule has 0 aliphatic rings. The van der Waals surface area contributed by atoms with Crippen molar-refractivity contribution in [2.24, 2.45) is 0 Å². The van der Waals surface area contributed by atoms with Crippen LogP contribution in [0.15, 0.2) is 66.7 Å². The fourth-order valence-electron chi connectivity index (χ4n) is 3.56. The van der Waals surface area contributed by atoms with Gasteiger partial charge in [-0.15, -0.1) is 0 Å². The van der Waals surface area contributed by atoms with Crippen molar-refractivity contribution in [1.82, 2.24) is 4.98 Å². The highest BCUT2D eigenvalue weighted by molar-refractivity contribution is 6.31. The maximum Gasteiger partial charge on any atom is 0.256 e. The van der Waals surface area contributed by atoms with E-state index in [0.717, 1.165) is 38.9 Å². The standard InChI is InChI=1S/C25H21ClN2O/c1-15-12-16(2)24-19(13-15)20(14-23(27-24)18-8-5-4-6-9-18)25(29)28-22-11-7-10-21(26)17(22)3/h4-14H,1-3H3,(H,28,29). The first-order valence-corrected chi connectivity index (χ1v) is 9.86. The number of carbonyl (C=O) groups excluding carboxylic acids is 1. The predicted molar refractivity (Wildman–Crippen MR) is 121 cm³/mol. The summed E-state index contributed by atoms with van der Waals surface area (Å²) >= 11 is 6.22. The van der Waals surface area contributed by atoms with Gasteiger partial charge in [-0.2, -0.15) is 0 Å². The van der Waals surface area contributed by atoms with E-state index in [9.17, 15) is 4.79 Å². The third kappa shape index (κ3) is 3.74. The minimum Gasteiger partial charge on any atom is -0.322 e. The second-order valence-electron chi connectivity index (χ2n) is 7.27. The molecule has 29 heavy (non-hydrogen) atoms. The predicted octanol–water partition coefficient (Wildman–Crippen LogP) is 6.73. The van der Waals surface area contributed by atoms with Gasteiger partial charge in [0, 0.05) is 21.7 Å². The topological polar surface area (TPSA) is 42.0 Å². The second-order valence-corrected chi connectivity index (χ2v) is 7.67. The third-order valence-electron chi connectivity index (χ3n) is 5.08. The monoisotopic (exact) mass is 400 g/mol. The zero-order valence-electron chi connectivity index (χ0n) is 16.6. The molecule has 0 fully saturated rings. The van der Waals surface area contributed by atoms with E-state index in [-0.39, 0.29) is 5.91 Å². The zero-order valence-corrected chi connectivity index (χ0v) is 17.3. The fraction of sp³-hybridized carbons (Fsp3) is 0.120. The highest BCUT2D eigenvalue weighted by Crippen LogP contribution is 2.29. The van der Waals surface area contributed by atoms with Crippen LogP contribution in [0.5, 0.6) is 0 Å². The molecule has 0 unspecified atom stereocenters. The Morgan fingerprint density at radius 3 is 2.45 bits per heavy atom. The van der Waals surface area contributed by atoms with Crippen LogP contribution in [0.4, 0.5) is 5.69 Å². The second kappa shape index (κ2) is 7.69. The SMILES string of the molecule is Cc1cc(C)c2nc(-c3ccccc3)cc(C(=O)Nc3cccc(Cl)c3C)c2c1. The molecule has 4 heteroatoms. The van der Waals surface area contributed by atoms with E-state index in [1.807, 2.05) is 81.4 Å². The number of hydrogen-bond donors (Lipinski definition) is 1. The van der Waals surface area contributed by atoms with E-state index in [2.05, 4.69) is 11.4 Å². The van der Waals surface area contributed by atoms with Gasteiger partial charge in [0.05, 0.1) is 16.8 Å². The number of anilines is 1. The molecule has 0 radical (unpaired) electrons. The first-order valence-electron chi connectivity index (χ1n) is 9.48. The molecule has 3 nitrogen and oxygen atoms in total.